The van der Waals surface area contributed by atoms with E-state index in [2.05, 4.69) is 39.0 Å². The van der Waals surface area contributed by atoms with E-state index in [0.29, 0.717) is 12.0 Å². The third-order valence-corrected chi connectivity index (χ3v) is 4.19. The van der Waals surface area contributed by atoms with Crippen LogP contribution in [-0.4, -0.2) is 12.6 Å². The molecule has 0 unspecified atom stereocenters. The van der Waals surface area contributed by atoms with Crippen molar-refractivity contribution in [2.45, 2.75) is 53.9 Å². The first-order valence-electron chi connectivity index (χ1n) is 8.34. The number of allylic oxidation sites excluding steroid dienone is 9. The van der Waals surface area contributed by atoms with Gasteiger partial charge in [-0.1, -0.05) is 61.4 Å². The van der Waals surface area contributed by atoms with E-state index in [1.807, 2.05) is 31.2 Å². The molecule has 0 aromatic carbocycles. The maximum Gasteiger partial charge on any atom is 0.302 e. The van der Waals surface area contributed by atoms with Crippen molar-refractivity contribution in [3.05, 3.63) is 59.3 Å². The van der Waals surface area contributed by atoms with E-state index in [0.717, 1.165) is 5.57 Å². The fraction of sp³-hybridized carbons (Fsp3) is 0.476. The molecule has 1 aliphatic rings. The first-order valence-corrected chi connectivity index (χ1v) is 8.34. The molecule has 1 aliphatic carbocycles. The van der Waals surface area contributed by atoms with Crippen LogP contribution in [0.2, 0.25) is 0 Å². The van der Waals surface area contributed by atoms with Crippen molar-refractivity contribution < 1.29 is 9.53 Å². The molecule has 0 saturated carbocycles. The molecule has 0 saturated heterocycles. The fourth-order valence-corrected chi connectivity index (χ4v) is 2.86. The number of rotatable bonds is 6. The molecule has 2 nitrogen and oxygen atoms in total. The Hall–Kier alpha value is -1.83. The summed E-state index contributed by atoms with van der Waals surface area (Å²) in [5, 5.41) is 0. The second-order valence-electron chi connectivity index (χ2n) is 6.79. The van der Waals surface area contributed by atoms with Crippen LogP contribution in [0.4, 0.5) is 0 Å². The van der Waals surface area contributed by atoms with Gasteiger partial charge in [-0.05, 0) is 50.2 Å². The van der Waals surface area contributed by atoms with Gasteiger partial charge in [0.25, 0.3) is 0 Å². The molecule has 0 bridgehead atoms. The topological polar surface area (TPSA) is 26.3 Å². The molecule has 0 amide bonds. The van der Waals surface area contributed by atoms with Crippen LogP contribution in [0.5, 0.6) is 0 Å². The van der Waals surface area contributed by atoms with Crippen molar-refractivity contribution in [1.29, 1.82) is 0 Å². The average molecular weight is 314 g/mol. The predicted molar refractivity (Wildman–Crippen MR) is 98.1 cm³/mol. The Balaban J connectivity index is 2.52. The number of hydrogen-bond acceptors (Lipinski definition) is 2. The molecule has 0 aromatic rings. The largest absolute Gasteiger partial charge is 0.462 e. The van der Waals surface area contributed by atoms with Gasteiger partial charge in [0.1, 0.15) is 6.61 Å². The molecule has 0 aromatic heterocycles. The summed E-state index contributed by atoms with van der Waals surface area (Å²) in [6.07, 6.45) is 18.1. The van der Waals surface area contributed by atoms with E-state index in [1.54, 1.807) is 0 Å². The summed E-state index contributed by atoms with van der Waals surface area (Å²) in [5.41, 5.74) is 4.37. The van der Waals surface area contributed by atoms with Gasteiger partial charge in [-0.25, -0.2) is 0 Å². The summed E-state index contributed by atoms with van der Waals surface area (Å²) >= 11 is 0. The van der Waals surface area contributed by atoms with Gasteiger partial charge < -0.3 is 4.74 Å². The lowest BCUT2D eigenvalue weighted by atomic mass is 9.73. The van der Waals surface area contributed by atoms with Gasteiger partial charge in [0.2, 0.25) is 0 Å². The van der Waals surface area contributed by atoms with E-state index >= 15 is 0 Å². The number of carbonyl (C=O) groups excluding carboxylic acids is 1. The molecule has 0 aliphatic heterocycles. The second-order valence-corrected chi connectivity index (χ2v) is 6.79. The molecule has 0 N–H and O–H groups in total. The minimum atomic E-state index is -0.252. The predicted octanol–water partition coefficient (Wildman–Crippen LogP) is 5.69. The van der Waals surface area contributed by atoms with E-state index < -0.39 is 0 Å². The summed E-state index contributed by atoms with van der Waals surface area (Å²) in [6.45, 7) is 10.6. The number of carbonyl (C=O) groups is 1. The average Bonchev–Trinajstić information content (AvgIpc) is 2.44. The summed E-state index contributed by atoms with van der Waals surface area (Å²) < 4.78 is 4.87. The molecule has 0 spiro atoms. The third-order valence-electron chi connectivity index (χ3n) is 4.19. The fourth-order valence-electron chi connectivity index (χ4n) is 2.86. The third kappa shape index (κ3) is 7.32. The second kappa shape index (κ2) is 9.34. The van der Waals surface area contributed by atoms with Crippen LogP contribution >= 0.6 is 0 Å². The lowest BCUT2D eigenvalue weighted by Crippen LogP contribution is -2.18. The Morgan fingerprint density at radius 2 is 1.87 bits per heavy atom. The van der Waals surface area contributed by atoms with Crippen molar-refractivity contribution in [2.75, 3.05) is 6.61 Å². The highest BCUT2D eigenvalue weighted by molar-refractivity contribution is 5.66. The van der Waals surface area contributed by atoms with Crippen LogP contribution in [-0.2, 0) is 9.53 Å². The van der Waals surface area contributed by atoms with Crippen molar-refractivity contribution in [3.8, 4) is 0 Å². The molecular weight excluding hydrogens is 284 g/mol. The molecule has 0 heterocycles. The van der Waals surface area contributed by atoms with E-state index in [9.17, 15) is 4.79 Å². The van der Waals surface area contributed by atoms with Gasteiger partial charge in [-0.3, -0.25) is 4.79 Å². The highest BCUT2D eigenvalue weighted by Crippen LogP contribution is 2.40. The van der Waals surface area contributed by atoms with Crippen molar-refractivity contribution in [1.82, 2.24) is 0 Å². The smallest absolute Gasteiger partial charge is 0.302 e. The normalized spacial score (nSPS) is 19.3. The van der Waals surface area contributed by atoms with Gasteiger partial charge in [-0.15, -0.1) is 0 Å². The standard InChI is InChI=1S/C21H30O2/c1-17(14-16-23-19(3)22)11-8-6-7-9-13-20-18(2)12-10-15-21(20,4)5/h6-9,11,13-14H,10,12,15-16H2,1-5H3/b7-6+,11-8+,13-9+,17-14+. The van der Waals surface area contributed by atoms with Crippen LogP contribution in [0.1, 0.15) is 53.9 Å². The summed E-state index contributed by atoms with van der Waals surface area (Å²) in [4.78, 5) is 10.7. The highest BCUT2D eigenvalue weighted by atomic mass is 16.5. The summed E-state index contributed by atoms with van der Waals surface area (Å²) in [7, 11) is 0. The molecule has 0 fully saturated rings. The molecule has 126 valence electrons. The first kappa shape index (κ1) is 19.2. The molecule has 0 radical (unpaired) electrons. The van der Waals surface area contributed by atoms with Gasteiger partial charge in [0.05, 0.1) is 0 Å². The molecule has 0 atom stereocenters. The zero-order chi connectivity index (χ0) is 17.3. The quantitative estimate of drug-likeness (QED) is 0.465. The van der Waals surface area contributed by atoms with Gasteiger partial charge in [-0.2, -0.15) is 0 Å². The van der Waals surface area contributed by atoms with Gasteiger partial charge >= 0.3 is 5.97 Å². The molecular formula is C21H30O2. The summed E-state index contributed by atoms with van der Waals surface area (Å²) in [6, 6.07) is 0. The Labute approximate surface area is 141 Å². The zero-order valence-electron chi connectivity index (χ0n) is 15.2. The van der Waals surface area contributed by atoms with Crippen LogP contribution in [0, 0.1) is 5.41 Å². The lowest BCUT2D eigenvalue weighted by molar-refractivity contribution is -0.139. The van der Waals surface area contributed by atoms with E-state index in [4.69, 9.17) is 4.74 Å². The van der Waals surface area contributed by atoms with Crippen LogP contribution in [0.15, 0.2) is 59.3 Å². The lowest BCUT2D eigenvalue weighted by Gasteiger charge is -2.32. The molecule has 1 rings (SSSR count). The zero-order valence-corrected chi connectivity index (χ0v) is 15.2. The first-order chi connectivity index (χ1) is 10.8. The van der Waals surface area contributed by atoms with Crippen LogP contribution < -0.4 is 0 Å². The number of ether oxygens (including phenoxy) is 1. The van der Waals surface area contributed by atoms with Crippen molar-refractivity contribution >= 4 is 5.97 Å². The highest BCUT2D eigenvalue weighted by Gasteiger charge is 2.26. The Morgan fingerprint density at radius 3 is 2.52 bits per heavy atom. The monoisotopic (exact) mass is 314 g/mol. The maximum absolute atomic E-state index is 10.7. The minimum absolute atomic E-state index is 0.252. The van der Waals surface area contributed by atoms with Gasteiger partial charge in [0.15, 0.2) is 0 Å². The van der Waals surface area contributed by atoms with E-state index in [-0.39, 0.29) is 5.97 Å². The van der Waals surface area contributed by atoms with Gasteiger partial charge in [0, 0.05) is 6.92 Å². The Bertz CT molecular complexity index is 554. The SMILES string of the molecule is CC(=O)OC/C=C(C)/C=C/C=C/C=C/C1=C(C)CCCC1(C)C. The summed E-state index contributed by atoms with van der Waals surface area (Å²) in [5.74, 6) is -0.252. The van der Waals surface area contributed by atoms with E-state index in [1.165, 1.54) is 37.3 Å². The Kier molecular flexibility index (Phi) is 7.80. The molecule has 2 heteroatoms. The Morgan fingerprint density at radius 1 is 1.17 bits per heavy atom. The van der Waals surface area contributed by atoms with Crippen LogP contribution in [0.3, 0.4) is 0 Å². The minimum Gasteiger partial charge on any atom is -0.462 e. The van der Waals surface area contributed by atoms with Crippen LogP contribution in [0.25, 0.3) is 0 Å². The molecule has 23 heavy (non-hydrogen) atoms. The maximum atomic E-state index is 10.7. The number of hydrogen-bond donors (Lipinski definition) is 0. The van der Waals surface area contributed by atoms with Crippen molar-refractivity contribution in [2.24, 2.45) is 5.41 Å². The number of esters is 1. The van der Waals surface area contributed by atoms with Crippen molar-refractivity contribution in [3.63, 3.8) is 0 Å².